The molecule has 22 heavy (non-hydrogen) atoms. The molecule has 0 aliphatic carbocycles. The van der Waals surface area contributed by atoms with Crippen LogP contribution in [0.3, 0.4) is 0 Å². The van der Waals surface area contributed by atoms with Gasteiger partial charge in [0.1, 0.15) is 11.5 Å². The van der Waals surface area contributed by atoms with E-state index in [-0.39, 0.29) is 23.4 Å². The third-order valence-corrected chi connectivity index (χ3v) is 3.53. The highest BCUT2D eigenvalue weighted by Gasteiger charge is 2.14. The monoisotopic (exact) mass is 300 g/mol. The number of hydrogen-bond acceptors (Lipinski definition) is 4. The molecule has 116 valence electrons. The molecule has 4 heteroatoms. The maximum Gasteiger partial charge on any atom is 0.302 e. The minimum atomic E-state index is -0.272. The van der Waals surface area contributed by atoms with E-state index in [4.69, 9.17) is 4.74 Å². The van der Waals surface area contributed by atoms with Crippen LogP contribution in [0.1, 0.15) is 36.8 Å². The summed E-state index contributed by atoms with van der Waals surface area (Å²) in [6, 6.07) is 14.2. The van der Waals surface area contributed by atoms with E-state index in [9.17, 15) is 15.0 Å². The van der Waals surface area contributed by atoms with Crippen LogP contribution >= 0.6 is 0 Å². The first-order chi connectivity index (χ1) is 10.6. The summed E-state index contributed by atoms with van der Waals surface area (Å²) in [4.78, 5) is 10.8. The second-order valence-electron chi connectivity index (χ2n) is 5.22. The summed E-state index contributed by atoms with van der Waals surface area (Å²) in [6.45, 7) is 1.79. The van der Waals surface area contributed by atoms with Crippen molar-refractivity contribution in [3.05, 3.63) is 59.7 Å². The largest absolute Gasteiger partial charge is 0.508 e. The zero-order chi connectivity index (χ0) is 15.9. The fourth-order valence-electron chi connectivity index (χ4n) is 2.44. The van der Waals surface area contributed by atoms with Crippen LogP contribution in [0.2, 0.25) is 0 Å². The minimum absolute atomic E-state index is 0.122. The molecule has 0 aliphatic rings. The van der Waals surface area contributed by atoms with Gasteiger partial charge in [-0.25, -0.2) is 0 Å². The van der Waals surface area contributed by atoms with Gasteiger partial charge < -0.3 is 14.9 Å². The quantitative estimate of drug-likeness (QED) is 0.632. The number of rotatable bonds is 6. The average Bonchev–Trinajstić information content (AvgIpc) is 2.50. The zero-order valence-corrected chi connectivity index (χ0v) is 12.5. The van der Waals surface area contributed by atoms with Crippen molar-refractivity contribution in [2.24, 2.45) is 0 Å². The predicted molar refractivity (Wildman–Crippen MR) is 83.9 cm³/mol. The number of carbonyl (C=O) groups is 1. The van der Waals surface area contributed by atoms with Crippen LogP contribution in [0.15, 0.2) is 48.5 Å². The number of carbonyl (C=O) groups excluding carboxylic acids is 1. The molecule has 0 radical (unpaired) electrons. The van der Waals surface area contributed by atoms with Crippen molar-refractivity contribution in [3.63, 3.8) is 0 Å². The van der Waals surface area contributed by atoms with E-state index in [0.29, 0.717) is 6.61 Å². The number of hydrogen-bond donors (Lipinski definition) is 2. The van der Waals surface area contributed by atoms with Crippen LogP contribution in [0.5, 0.6) is 11.5 Å². The summed E-state index contributed by atoms with van der Waals surface area (Å²) < 4.78 is 4.98. The standard InChI is InChI=1S/C18H20O4/c1-13(19)22-12-2-3-18(14-4-8-16(20)9-5-14)15-6-10-17(21)11-7-15/h4-11,18,20-21H,2-3,12H2,1H3. The van der Waals surface area contributed by atoms with Crippen molar-refractivity contribution >= 4 is 5.97 Å². The Hall–Kier alpha value is -2.49. The molecule has 0 aliphatic heterocycles. The van der Waals surface area contributed by atoms with Crippen molar-refractivity contribution in [2.75, 3.05) is 6.61 Å². The molecular formula is C18H20O4. The summed E-state index contributed by atoms with van der Waals surface area (Å²) in [5.74, 6) is 0.309. The number of aromatic hydroxyl groups is 2. The van der Waals surface area contributed by atoms with E-state index in [2.05, 4.69) is 0 Å². The van der Waals surface area contributed by atoms with Gasteiger partial charge in [-0.2, -0.15) is 0 Å². The molecule has 0 fully saturated rings. The second kappa shape index (κ2) is 7.50. The van der Waals surface area contributed by atoms with Crippen LogP contribution in [-0.2, 0) is 9.53 Å². The van der Waals surface area contributed by atoms with Gasteiger partial charge in [0.05, 0.1) is 6.61 Å². The third kappa shape index (κ3) is 4.52. The Balaban J connectivity index is 2.14. The molecular weight excluding hydrogens is 280 g/mol. The van der Waals surface area contributed by atoms with Crippen molar-refractivity contribution in [3.8, 4) is 11.5 Å². The molecule has 2 aromatic carbocycles. The summed E-state index contributed by atoms with van der Waals surface area (Å²) in [5.41, 5.74) is 2.15. The van der Waals surface area contributed by atoms with E-state index in [1.807, 2.05) is 24.3 Å². The lowest BCUT2D eigenvalue weighted by Crippen LogP contribution is -2.05. The first-order valence-corrected chi connectivity index (χ1v) is 7.27. The number of esters is 1. The fraction of sp³-hybridized carbons (Fsp3) is 0.278. The summed E-state index contributed by atoms with van der Waals surface area (Å²) >= 11 is 0. The maximum absolute atomic E-state index is 10.8. The lowest BCUT2D eigenvalue weighted by Gasteiger charge is -2.18. The van der Waals surface area contributed by atoms with Gasteiger partial charge in [-0.1, -0.05) is 24.3 Å². The molecule has 0 unspecified atom stereocenters. The number of ether oxygens (including phenoxy) is 1. The molecule has 0 aromatic heterocycles. The van der Waals surface area contributed by atoms with E-state index in [1.54, 1.807) is 24.3 Å². The Morgan fingerprint density at radius 3 is 1.82 bits per heavy atom. The fourth-order valence-corrected chi connectivity index (χ4v) is 2.44. The van der Waals surface area contributed by atoms with Gasteiger partial charge in [0.2, 0.25) is 0 Å². The Morgan fingerprint density at radius 1 is 0.955 bits per heavy atom. The molecule has 2 aromatic rings. The molecule has 0 saturated heterocycles. The number of phenolic OH excluding ortho intramolecular Hbond substituents is 2. The Bertz CT molecular complexity index is 556. The van der Waals surface area contributed by atoms with E-state index < -0.39 is 0 Å². The molecule has 0 heterocycles. The molecule has 2 N–H and O–H groups in total. The van der Waals surface area contributed by atoms with Gasteiger partial charge in [0.15, 0.2) is 0 Å². The van der Waals surface area contributed by atoms with Crippen LogP contribution in [0.25, 0.3) is 0 Å². The van der Waals surface area contributed by atoms with E-state index in [1.165, 1.54) is 6.92 Å². The van der Waals surface area contributed by atoms with Crippen molar-refractivity contribution in [1.82, 2.24) is 0 Å². The lowest BCUT2D eigenvalue weighted by molar-refractivity contribution is -0.141. The van der Waals surface area contributed by atoms with Gasteiger partial charge in [0, 0.05) is 12.8 Å². The van der Waals surface area contributed by atoms with Crippen molar-refractivity contribution in [2.45, 2.75) is 25.7 Å². The lowest BCUT2D eigenvalue weighted by atomic mass is 9.87. The molecule has 0 atom stereocenters. The maximum atomic E-state index is 10.8. The highest BCUT2D eigenvalue weighted by molar-refractivity contribution is 5.65. The van der Waals surface area contributed by atoms with Crippen molar-refractivity contribution < 1.29 is 19.7 Å². The molecule has 0 spiro atoms. The molecule has 4 nitrogen and oxygen atoms in total. The zero-order valence-electron chi connectivity index (χ0n) is 12.5. The Morgan fingerprint density at radius 2 is 1.41 bits per heavy atom. The first-order valence-electron chi connectivity index (χ1n) is 7.27. The van der Waals surface area contributed by atoms with Gasteiger partial charge in [0.25, 0.3) is 0 Å². The molecule has 0 amide bonds. The smallest absolute Gasteiger partial charge is 0.302 e. The minimum Gasteiger partial charge on any atom is -0.508 e. The second-order valence-corrected chi connectivity index (χ2v) is 5.22. The highest BCUT2D eigenvalue weighted by Crippen LogP contribution is 2.31. The topological polar surface area (TPSA) is 66.8 Å². The number of phenols is 2. The predicted octanol–water partition coefficient (Wildman–Crippen LogP) is 3.57. The summed E-state index contributed by atoms with van der Waals surface area (Å²) in [7, 11) is 0. The van der Waals surface area contributed by atoms with Crippen LogP contribution in [-0.4, -0.2) is 22.8 Å². The SMILES string of the molecule is CC(=O)OCCCC(c1ccc(O)cc1)c1ccc(O)cc1. The Kier molecular flexibility index (Phi) is 5.42. The van der Waals surface area contributed by atoms with Gasteiger partial charge in [-0.05, 0) is 48.2 Å². The van der Waals surface area contributed by atoms with Gasteiger partial charge >= 0.3 is 5.97 Å². The van der Waals surface area contributed by atoms with Crippen LogP contribution in [0, 0.1) is 0 Å². The first kappa shape index (κ1) is 15.9. The normalized spacial score (nSPS) is 10.6. The Labute approximate surface area is 130 Å². The van der Waals surface area contributed by atoms with Gasteiger partial charge in [-0.3, -0.25) is 4.79 Å². The van der Waals surface area contributed by atoms with Crippen LogP contribution < -0.4 is 0 Å². The van der Waals surface area contributed by atoms with E-state index >= 15 is 0 Å². The van der Waals surface area contributed by atoms with Crippen molar-refractivity contribution in [1.29, 1.82) is 0 Å². The van der Waals surface area contributed by atoms with Gasteiger partial charge in [-0.15, -0.1) is 0 Å². The summed E-state index contributed by atoms with van der Waals surface area (Å²) in [6.07, 6.45) is 1.55. The number of benzene rings is 2. The molecule has 0 bridgehead atoms. The van der Waals surface area contributed by atoms with Crippen LogP contribution in [0.4, 0.5) is 0 Å². The summed E-state index contributed by atoms with van der Waals surface area (Å²) in [5, 5.41) is 18.9. The third-order valence-electron chi connectivity index (χ3n) is 3.53. The van der Waals surface area contributed by atoms with E-state index in [0.717, 1.165) is 24.0 Å². The molecule has 2 rings (SSSR count). The average molecular weight is 300 g/mol. The highest BCUT2D eigenvalue weighted by atomic mass is 16.5. The molecule has 0 saturated carbocycles.